The van der Waals surface area contributed by atoms with Crippen LogP contribution in [0.2, 0.25) is 0 Å². The third-order valence-corrected chi connectivity index (χ3v) is 2.91. The Bertz CT molecular complexity index is 508. The minimum absolute atomic E-state index is 0.313. The third kappa shape index (κ3) is 4.19. The van der Waals surface area contributed by atoms with E-state index in [4.69, 9.17) is 4.74 Å². The molecule has 1 atom stereocenters. The van der Waals surface area contributed by atoms with Gasteiger partial charge in [0.2, 0.25) is 0 Å². The molecule has 0 aliphatic carbocycles. The summed E-state index contributed by atoms with van der Waals surface area (Å²) in [4.78, 5) is 0. The van der Waals surface area contributed by atoms with Gasteiger partial charge in [0.15, 0.2) is 0 Å². The molecule has 0 saturated heterocycles. The maximum absolute atomic E-state index is 9.93. The van der Waals surface area contributed by atoms with Crippen molar-refractivity contribution >= 4 is 0 Å². The fourth-order valence-corrected chi connectivity index (χ4v) is 2.00. The number of ether oxygens (including phenoxy) is 1. The Balaban J connectivity index is 1.76. The van der Waals surface area contributed by atoms with Gasteiger partial charge >= 0.3 is 0 Å². The van der Waals surface area contributed by atoms with Crippen molar-refractivity contribution < 1.29 is 9.84 Å². The molecular weight excluding hydrogens is 240 g/mol. The van der Waals surface area contributed by atoms with Gasteiger partial charge in [-0.25, -0.2) is 0 Å². The zero-order valence-corrected chi connectivity index (χ0v) is 11.4. The third-order valence-electron chi connectivity index (χ3n) is 2.91. The van der Waals surface area contributed by atoms with Gasteiger partial charge < -0.3 is 9.84 Å². The van der Waals surface area contributed by atoms with E-state index in [1.165, 1.54) is 0 Å². The highest BCUT2D eigenvalue weighted by molar-refractivity contribution is 5.13. The van der Waals surface area contributed by atoms with E-state index in [-0.39, 0.29) is 0 Å². The number of aliphatic hydroxyl groups is 1. The summed E-state index contributed by atoms with van der Waals surface area (Å²) >= 11 is 0. The molecule has 1 aromatic heterocycles. The lowest BCUT2D eigenvalue weighted by Crippen LogP contribution is -2.23. The quantitative estimate of drug-likeness (QED) is 0.865. The van der Waals surface area contributed by atoms with Gasteiger partial charge in [0.05, 0.1) is 31.6 Å². The van der Waals surface area contributed by atoms with Crippen LogP contribution < -0.4 is 0 Å². The first kappa shape index (κ1) is 13.8. The van der Waals surface area contributed by atoms with Gasteiger partial charge in [0, 0.05) is 5.69 Å². The highest BCUT2D eigenvalue weighted by atomic mass is 16.5. The summed E-state index contributed by atoms with van der Waals surface area (Å²) in [6.07, 6.45) is -0.540. The van der Waals surface area contributed by atoms with Crippen molar-refractivity contribution in [3.63, 3.8) is 0 Å². The molecule has 0 amide bonds. The first-order valence-corrected chi connectivity index (χ1v) is 6.46. The summed E-state index contributed by atoms with van der Waals surface area (Å²) in [6, 6.07) is 11.9. The van der Waals surface area contributed by atoms with Gasteiger partial charge in [-0.15, -0.1) is 0 Å². The molecule has 0 saturated carbocycles. The first-order chi connectivity index (χ1) is 9.15. The number of aryl methyl sites for hydroxylation is 2. The second kappa shape index (κ2) is 6.50. The van der Waals surface area contributed by atoms with Crippen molar-refractivity contribution in [3.8, 4) is 0 Å². The molecule has 19 heavy (non-hydrogen) atoms. The fourth-order valence-electron chi connectivity index (χ4n) is 2.00. The van der Waals surface area contributed by atoms with Crippen molar-refractivity contribution in [3.05, 3.63) is 53.3 Å². The normalized spacial score (nSPS) is 12.6. The predicted molar refractivity (Wildman–Crippen MR) is 73.8 cm³/mol. The number of rotatable bonds is 6. The average Bonchev–Trinajstić information content (AvgIpc) is 2.69. The van der Waals surface area contributed by atoms with Gasteiger partial charge in [-0.1, -0.05) is 30.3 Å². The molecule has 0 unspecified atom stereocenters. The topological polar surface area (TPSA) is 47.3 Å². The molecule has 0 radical (unpaired) electrons. The van der Waals surface area contributed by atoms with Crippen molar-refractivity contribution in [2.45, 2.75) is 33.1 Å². The minimum Gasteiger partial charge on any atom is -0.389 e. The smallest absolute Gasteiger partial charge is 0.0969 e. The summed E-state index contributed by atoms with van der Waals surface area (Å²) < 4.78 is 7.32. The molecular formula is C15H20N2O2. The van der Waals surface area contributed by atoms with E-state index in [1.54, 1.807) is 0 Å². The largest absolute Gasteiger partial charge is 0.389 e. The Kier molecular flexibility index (Phi) is 4.71. The van der Waals surface area contributed by atoms with Crippen molar-refractivity contribution in [2.75, 3.05) is 6.61 Å². The van der Waals surface area contributed by atoms with Crippen molar-refractivity contribution in [1.82, 2.24) is 9.78 Å². The van der Waals surface area contributed by atoms with Crippen LogP contribution >= 0.6 is 0 Å². The van der Waals surface area contributed by atoms with Crippen LogP contribution in [-0.2, 0) is 17.9 Å². The molecule has 1 aromatic carbocycles. The van der Waals surface area contributed by atoms with Crippen LogP contribution in [0.1, 0.15) is 17.0 Å². The summed E-state index contributed by atoms with van der Waals surface area (Å²) in [5, 5.41) is 14.2. The molecule has 0 bridgehead atoms. The van der Waals surface area contributed by atoms with E-state index < -0.39 is 6.10 Å². The molecule has 1 heterocycles. The standard InChI is InChI=1S/C15H20N2O2/c1-12-8-13(2)17(16-12)9-15(18)11-19-10-14-6-4-3-5-7-14/h3-8,15,18H,9-11H2,1-2H3/t15-/m0/s1. The van der Waals surface area contributed by atoms with Crippen LogP contribution in [0.3, 0.4) is 0 Å². The highest BCUT2D eigenvalue weighted by Crippen LogP contribution is 2.05. The maximum Gasteiger partial charge on any atom is 0.0969 e. The molecule has 0 spiro atoms. The Labute approximate surface area is 113 Å². The van der Waals surface area contributed by atoms with Crippen molar-refractivity contribution in [1.29, 1.82) is 0 Å². The van der Waals surface area contributed by atoms with Crippen LogP contribution in [0.25, 0.3) is 0 Å². The van der Waals surface area contributed by atoms with Gasteiger partial charge in [-0.2, -0.15) is 5.10 Å². The van der Waals surface area contributed by atoms with Gasteiger partial charge in [-0.3, -0.25) is 4.68 Å². The van der Waals surface area contributed by atoms with Crippen LogP contribution in [0.5, 0.6) is 0 Å². The molecule has 2 rings (SSSR count). The highest BCUT2D eigenvalue weighted by Gasteiger charge is 2.08. The number of benzene rings is 1. The summed E-state index contributed by atoms with van der Waals surface area (Å²) in [6.45, 7) is 5.23. The van der Waals surface area contributed by atoms with E-state index in [1.807, 2.05) is 54.9 Å². The van der Waals surface area contributed by atoms with Crippen LogP contribution in [0.15, 0.2) is 36.4 Å². The molecule has 102 valence electrons. The Morgan fingerprint density at radius 3 is 2.63 bits per heavy atom. The summed E-state index contributed by atoms with van der Waals surface area (Å²) in [7, 11) is 0. The van der Waals surface area contributed by atoms with E-state index in [0.29, 0.717) is 19.8 Å². The monoisotopic (exact) mass is 260 g/mol. The second-order valence-corrected chi connectivity index (χ2v) is 4.76. The minimum atomic E-state index is -0.540. The summed E-state index contributed by atoms with van der Waals surface area (Å²) in [5.74, 6) is 0. The van der Waals surface area contributed by atoms with Gasteiger partial charge in [-0.05, 0) is 25.5 Å². The number of hydrogen-bond donors (Lipinski definition) is 1. The lowest BCUT2D eigenvalue weighted by Gasteiger charge is -2.12. The molecule has 4 nitrogen and oxygen atoms in total. The Hall–Kier alpha value is -1.65. The number of hydrogen-bond acceptors (Lipinski definition) is 3. The van der Waals surface area contributed by atoms with E-state index >= 15 is 0 Å². The van der Waals surface area contributed by atoms with Crippen LogP contribution in [0.4, 0.5) is 0 Å². The van der Waals surface area contributed by atoms with Gasteiger partial charge in [0.1, 0.15) is 0 Å². The first-order valence-electron chi connectivity index (χ1n) is 6.46. The molecule has 4 heteroatoms. The molecule has 0 fully saturated rings. The second-order valence-electron chi connectivity index (χ2n) is 4.76. The number of aromatic nitrogens is 2. The summed E-state index contributed by atoms with van der Waals surface area (Å²) in [5.41, 5.74) is 3.13. The van der Waals surface area contributed by atoms with Crippen LogP contribution in [-0.4, -0.2) is 27.6 Å². The molecule has 1 N–H and O–H groups in total. The lowest BCUT2D eigenvalue weighted by molar-refractivity contribution is 0.0184. The molecule has 0 aliphatic rings. The lowest BCUT2D eigenvalue weighted by atomic mass is 10.2. The zero-order chi connectivity index (χ0) is 13.7. The maximum atomic E-state index is 9.93. The van der Waals surface area contributed by atoms with E-state index in [0.717, 1.165) is 17.0 Å². The Morgan fingerprint density at radius 1 is 1.26 bits per heavy atom. The Morgan fingerprint density at radius 2 is 2.00 bits per heavy atom. The van der Waals surface area contributed by atoms with Crippen LogP contribution in [0, 0.1) is 13.8 Å². The zero-order valence-electron chi connectivity index (χ0n) is 11.4. The van der Waals surface area contributed by atoms with Gasteiger partial charge in [0.25, 0.3) is 0 Å². The number of nitrogens with zero attached hydrogens (tertiary/aromatic N) is 2. The van der Waals surface area contributed by atoms with E-state index in [9.17, 15) is 5.11 Å². The SMILES string of the molecule is Cc1cc(C)n(C[C@H](O)COCc2ccccc2)n1. The predicted octanol–water partition coefficient (Wildman–Crippen LogP) is 2.08. The molecule has 2 aromatic rings. The van der Waals surface area contributed by atoms with Crippen molar-refractivity contribution in [2.24, 2.45) is 0 Å². The average molecular weight is 260 g/mol. The van der Waals surface area contributed by atoms with E-state index in [2.05, 4.69) is 5.10 Å². The molecule has 0 aliphatic heterocycles. The number of aliphatic hydroxyl groups excluding tert-OH is 1. The fraction of sp³-hybridized carbons (Fsp3) is 0.400.